The van der Waals surface area contributed by atoms with E-state index in [1.54, 1.807) is 0 Å². The van der Waals surface area contributed by atoms with E-state index in [0.717, 1.165) is 0 Å². The predicted molar refractivity (Wildman–Crippen MR) is 44.8 cm³/mol. The first-order valence-electron chi connectivity index (χ1n) is 2.66. The Morgan fingerprint density at radius 1 is 1.17 bits per heavy atom. The molecule has 0 aliphatic rings. The van der Waals surface area contributed by atoms with Gasteiger partial charge in [0.1, 0.15) is 0 Å². The number of aliphatic hydroxyl groups excluding tert-OH is 1. The van der Waals surface area contributed by atoms with Crippen LogP contribution in [0.4, 0.5) is 0 Å². The van der Waals surface area contributed by atoms with Gasteiger partial charge in [-0.1, -0.05) is 0 Å². The number of hydrogen-bond donors (Lipinski definition) is 3. The molecule has 62 valence electrons. The zero-order valence-corrected chi connectivity index (χ0v) is 5.15. The molecule has 0 aliphatic carbocycles. The monoisotopic (exact) mass is 196 g/mol. The third-order valence-corrected chi connectivity index (χ3v) is 0.917. The van der Waals surface area contributed by atoms with Crippen molar-refractivity contribution in [3.05, 3.63) is 0 Å². The average molecular weight is 196 g/mol. The number of aliphatic hydroxyl groups is 1. The van der Waals surface area contributed by atoms with Crippen LogP contribution in [0.1, 0.15) is 12.8 Å². The topological polar surface area (TPSA) is 94.8 Å². The summed E-state index contributed by atoms with van der Waals surface area (Å²) in [5.41, 5.74) is 0. The van der Waals surface area contributed by atoms with E-state index in [2.05, 4.69) is 0 Å². The van der Waals surface area contributed by atoms with Crippen molar-refractivity contribution in [3.63, 3.8) is 0 Å². The molecule has 0 saturated heterocycles. The number of hydrogen-bond acceptors (Lipinski definition) is 3. The molecule has 0 spiro atoms. The number of carbonyl (C=O) groups is 2. The standard InChI is InChI=1S/C5H8O5.2Na.2H/c6-3(5(9)10)1-2-4(7)8;;;;/h3,6H,1-2H2,(H,7,8)(H,9,10);;;;/t3-;;;;/m0..../s1. The van der Waals surface area contributed by atoms with Gasteiger partial charge in [-0.25, -0.2) is 4.79 Å². The summed E-state index contributed by atoms with van der Waals surface area (Å²) in [5.74, 6) is -2.50. The molecule has 0 fully saturated rings. The van der Waals surface area contributed by atoms with Gasteiger partial charge in [-0.3, -0.25) is 4.79 Å². The first-order chi connectivity index (χ1) is 4.54. The Bertz CT molecular complexity index is 149. The summed E-state index contributed by atoms with van der Waals surface area (Å²) in [7, 11) is 0. The minimum atomic E-state index is -1.56. The molecule has 7 heteroatoms. The van der Waals surface area contributed by atoms with E-state index in [-0.39, 0.29) is 72.0 Å². The molecule has 0 heterocycles. The van der Waals surface area contributed by atoms with Gasteiger partial charge in [0.15, 0.2) is 6.10 Å². The van der Waals surface area contributed by atoms with Gasteiger partial charge < -0.3 is 15.3 Å². The molecule has 0 aromatic heterocycles. The van der Waals surface area contributed by atoms with Crippen LogP contribution in [-0.4, -0.2) is 92.5 Å². The van der Waals surface area contributed by atoms with Gasteiger partial charge in [-0.15, -0.1) is 0 Å². The Kier molecular flexibility index (Phi) is 15.5. The molecule has 0 bridgehead atoms. The van der Waals surface area contributed by atoms with Crippen LogP contribution in [0.25, 0.3) is 0 Å². The van der Waals surface area contributed by atoms with Crippen molar-refractivity contribution in [2.24, 2.45) is 0 Å². The van der Waals surface area contributed by atoms with Gasteiger partial charge in [-0.2, -0.15) is 0 Å². The van der Waals surface area contributed by atoms with Crippen LogP contribution in [0.2, 0.25) is 0 Å². The van der Waals surface area contributed by atoms with E-state index in [4.69, 9.17) is 15.3 Å². The summed E-state index contributed by atoms with van der Waals surface area (Å²) in [6, 6.07) is 0. The van der Waals surface area contributed by atoms with Crippen molar-refractivity contribution in [3.8, 4) is 0 Å². The summed E-state index contributed by atoms with van der Waals surface area (Å²) in [6.45, 7) is 0. The fourth-order valence-electron chi connectivity index (χ4n) is 0.384. The van der Waals surface area contributed by atoms with E-state index in [1.807, 2.05) is 0 Å². The van der Waals surface area contributed by atoms with E-state index < -0.39 is 18.0 Å². The molecule has 1 atom stereocenters. The van der Waals surface area contributed by atoms with Gasteiger partial charge in [0.05, 0.1) is 0 Å². The normalized spacial score (nSPS) is 10.4. The Balaban J connectivity index is -0.000000405. The zero-order valence-electron chi connectivity index (χ0n) is 5.15. The third-order valence-electron chi connectivity index (χ3n) is 0.917. The second-order valence-corrected chi connectivity index (χ2v) is 1.79. The van der Waals surface area contributed by atoms with Crippen molar-refractivity contribution in [1.82, 2.24) is 0 Å². The van der Waals surface area contributed by atoms with Crippen molar-refractivity contribution in [2.75, 3.05) is 0 Å². The molecule has 0 rings (SSSR count). The Morgan fingerprint density at radius 2 is 1.58 bits per heavy atom. The van der Waals surface area contributed by atoms with E-state index >= 15 is 0 Å². The van der Waals surface area contributed by atoms with Gasteiger partial charge >= 0.3 is 71.1 Å². The maximum atomic E-state index is 9.87. The summed E-state index contributed by atoms with van der Waals surface area (Å²) in [5, 5.41) is 24.6. The molecule has 0 aliphatic heterocycles. The summed E-state index contributed by atoms with van der Waals surface area (Å²) >= 11 is 0. The molecule has 0 saturated carbocycles. The van der Waals surface area contributed by atoms with Gasteiger partial charge in [-0.05, 0) is 6.42 Å². The van der Waals surface area contributed by atoms with Gasteiger partial charge in [0.2, 0.25) is 0 Å². The van der Waals surface area contributed by atoms with Crippen LogP contribution in [0, 0.1) is 0 Å². The molecule has 3 N–H and O–H groups in total. The van der Waals surface area contributed by atoms with Crippen molar-refractivity contribution < 1.29 is 24.9 Å². The van der Waals surface area contributed by atoms with Crippen LogP contribution in [0.3, 0.4) is 0 Å². The molecule has 12 heavy (non-hydrogen) atoms. The Hall–Kier alpha value is 0.900. The Labute approximate surface area is 114 Å². The maximum absolute atomic E-state index is 9.87. The number of carboxylic acid groups (broad SMARTS) is 2. The van der Waals surface area contributed by atoms with Crippen LogP contribution < -0.4 is 0 Å². The first kappa shape index (κ1) is 18.6. The molecular weight excluding hydrogens is 186 g/mol. The summed E-state index contributed by atoms with van der Waals surface area (Å²) in [4.78, 5) is 19.7. The zero-order chi connectivity index (χ0) is 8.15. The molecule has 0 unspecified atom stereocenters. The number of carboxylic acids is 2. The number of aliphatic carboxylic acids is 2. The molecular formula is C5H10Na2O5. The van der Waals surface area contributed by atoms with E-state index in [1.165, 1.54) is 0 Å². The van der Waals surface area contributed by atoms with Crippen LogP contribution in [0.15, 0.2) is 0 Å². The minimum absolute atomic E-state index is 0. The fraction of sp³-hybridized carbons (Fsp3) is 0.600. The fourth-order valence-corrected chi connectivity index (χ4v) is 0.384. The van der Waals surface area contributed by atoms with Crippen molar-refractivity contribution in [2.45, 2.75) is 18.9 Å². The molecule has 0 aromatic rings. The quantitative estimate of drug-likeness (QED) is 0.452. The summed E-state index contributed by atoms with van der Waals surface area (Å²) in [6.07, 6.45) is -2.13. The molecule has 5 nitrogen and oxygen atoms in total. The van der Waals surface area contributed by atoms with Crippen LogP contribution in [0.5, 0.6) is 0 Å². The van der Waals surface area contributed by atoms with E-state index in [9.17, 15) is 9.59 Å². The SMILES string of the molecule is O=C(O)CC[C@H](O)C(=O)O.[NaH].[NaH]. The van der Waals surface area contributed by atoms with E-state index in [0.29, 0.717) is 0 Å². The van der Waals surface area contributed by atoms with Crippen LogP contribution in [-0.2, 0) is 9.59 Å². The Morgan fingerprint density at radius 3 is 1.83 bits per heavy atom. The van der Waals surface area contributed by atoms with Gasteiger partial charge in [0.25, 0.3) is 0 Å². The second kappa shape index (κ2) is 9.98. The molecule has 0 radical (unpaired) electrons. The molecule has 0 amide bonds. The van der Waals surface area contributed by atoms with Crippen LogP contribution >= 0.6 is 0 Å². The second-order valence-electron chi connectivity index (χ2n) is 1.79. The molecule has 0 aromatic carbocycles. The average Bonchev–Trinajstić information content (AvgIpc) is 1.82. The number of rotatable bonds is 4. The van der Waals surface area contributed by atoms with Crippen molar-refractivity contribution >= 4 is 71.1 Å². The van der Waals surface area contributed by atoms with Crippen molar-refractivity contribution in [1.29, 1.82) is 0 Å². The summed E-state index contributed by atoms with van der Waals surface area (Å²) < 4.78 is 0. The van der Waals surface area contributed by atoms with Gasteiger partial charge in [0, 0.05) is 6.42 Å². The predicted octanol–water partition coefficient (Wildman–Crippen LogP) is -2.00. The first-order valence-corrected chi connectivity index (χ1v) is 2.66. The third kappa shape index (κ3) is 10.9.